The molecule has 0 aromatic carbocycles. The Bertz CT molecular complexity index is 935. The minimum atomic E-state index is -1.55. The van der Waals surface area contributed by atoms with Gasteiger partial charge in [-0.1, -0.05) is 219 Å². The van der Waals surface area contributed by atoms with Crippen molar-refractivity contribution in [3.63, 3.8) is 0 Å². The molecule has 6 N–H and O–H groups in total. The Hall–Kier alpha value is -1.07. The molecule has 0 bridgehead atoms. The Labute approximate surface area is 363 Å². The van der Waals surface area contributed by atoms with Gasteiger partial charge in [-0.25, -0.2) is 0 Å². The average Bonchev–Trinajstić information content (AvgIpc) is 3.23. The SMILES string of the molecule is CCC/C=C\CCCCCCCC(=O)NC(COC1OC(CO)C(O)C(O)C1O)C(O)CCCCCCCCCCCCCCCCCCCCCCCCCCCC. The molecule has 0 saturated carbocycles. The molecule has 1 aliphatic rings. The normalized spacial score (nSPS) is 20.7. The van der Waals surface area contributed by atoms with Crippen molar-refractivity contribution in [3.05, 3.63) is 12.2 Å². The molecule has 0 radical (unpaired) electrons. The van der Waals surface area contributed by atoms with Gasteiger partial charge in [-0.3, -0.25) is 4.79 Å². The predicted octanol–water partition coefficient (Wildman–Crippen LogP) is 11.3. The summed E-state index contributed by atoms with van der Waals surface area (Å²) >= 11 is 0. The molecule has 350 valence electrons. The van der Waals surface area contributed by atoms with Crippen LogP contribution >= 0.6 is 0 Å². The Morgan fingerprint density at radius 2 is 0.983 bits per heavy atom. The van der Waals surface area contributed by atoms with E-state index in [9.17, 15) is 30.3 Å². The van der Waals surface area contributed by atoms with E-state index < -0.39 is 49.5 Å². The van der Waals surface area contributed by atoms with Crippen molar-refractivity contribution in [3.8, 4) is 0 Å². The van der Waals surface area contributed by atoms with Gasteiger partial charge in [0.1, 0.15) is 24.4 Å². The van der Waals surface area contributed by atoms with E-state index in [4.69, 9.17) is 9.47 Å². The van der Waals surface area contributed by atoms with Crippen LogP contribution in [0, 0.1) is 0 Å². The summed E-state index contributed by atoms with van der Waals surface area (Å²) in [5, 5.41) is 54.4. The van der Waals surface area contributed by atoms with E-state index in [1.165, 1.54) is 154 Å². The number of rotatable bonds is 43. The minimum absolute atomic E-state index is 0.138. The van der Waals surface area contributed by atoms with Gasteiger partial charge >= 0.3 is 0 Å². The van der Waals surface area contributed by atoms with Crippen LogP contribution in [0.5, 0.6) is 0 Å². The molecule has 1 heterocycles. The molecular formula is C50H97NO8. The Morgan fingerprint density at radius 1 is 0.559 bits per heavy atom. The second kappa shape index (κ2) is 41.0. The molecule has 1 aliphatic heterocycles. The van der Waals surface area contributed by atoms with Gasteiger partial charge in [-0.15, -0.1) is 0 Å². The van der Waals surface area contributed by atoms with Gasteiger partial charge in [0.25, 0.3) is 0 Å². The highest BCUT2D eigenvalue weighted by molar-refractivity contribution is 5.76. The Balaban J connectivity index is 2.17. The highest BCUT2D eigenvalue weighted by atomic mass is 16.7. The van der Waals surface area contributed by atoms with Crippen LogP contribution in [0.25, 0.3) is 0 Å². The van der Waals surface area contributed by atoms with Crippen LogP contribution in [0.3, 0.4) is 0 Å². The third kappa shape index (κ3) is 31.4. The lowest BCUT2D eigenvalue weighted by atomic mass is 9.99. The number of aliphatic hydroxyl groups is 5. The number of hydrogen-bond donors (Lipinski definition) is 6. The molecule has 0 aliphatic carbocycles. The van der Waals surface area contributed by atoms with Crippen LogP contribution in [0.4, 0.5) is 0 Å². The molecule has 1 rings (SSSR count). The van der Waals surface area contributed by atoms with Crippen LogP contribution in [-0.4, -0.2) is 87.5 Å². The standard InChI is InChI=1S/C50H97NO8/c1-3-5-7-9-11-13-15-16-17-18-19-20-21-22-23-24-25-26-27-28-29-30-31-33-35-37-39-44(53)43(42-58-50-49(57)48(56)47(55)45(41-52)59-50)51-46(54)40-38-36-34-32-14-12-10-8-6-4-2/h8,10,43-45,47-50,52-53,55-57H,3-7,9,11-42H2,1-2H3,(H,51,54)/b10-8-. The molecule has 0 spiro atoms. The Kier molecular flexibility index (Phi) is 38.9. The van der Waals surface area contributed by atoms with Crippen molar-refractivity contribution in [2.75, 3.05) is 13.2 Å². The zero-order valence-electron chi connectivity index (χ0n) is 38.5. The zero-order valence-corrected chi connectivity index (χ0v) is 38.5. The quantitative estimate of drug-likeness (QED) is 0.0263. The average molecular weight is 840 g/mol. The number of amides is 1. The van der Waals surface area contributed by atoms with Crippen molar-refractivity contribution in [2.24, 2.45) is 0 Å². The fourth-order valence-electron chi connectivity index (χ4n) is 8.28. The first-order valence-electron chi connectivity index (χ1n) is 25.4. The first-order chi connectivity index (χ1) is 28.8. The first-order valence-corrected chi connectivity index (χ1v) is 25.4. The van der Waals surface area contributed by atoms with Crippen molar-refractivity contribution >= 4 is 5.91 Å². The highest BCUT2D eigenvalue weighted by Crippen LogP contribution is 2.23. The molecule has 9 heteroatoms. The molecule has 7 unspecified atom stereocenters. The summed E-state index contributed by atoms with van der Waals surface area (Å²) in [7, 11) is 0. The fourth-order valence-corrected chi connectivity index (χ4v) is 8.28. The summed E-state index contributed by atoms with van der Waals surface area (Å²) in [5.41, 5.74) is 0. The monoisotopic (exact) mass is 840 g/mol. The lowest BCUT2D eigenvalue weighted by molar-refractivity contribution is -0.302. The van der Waals surface area contributed by atoms with Gasteiger partial charge in [0, 0.05) is 6.42 Å². The number of nitrogens with one attached hydrogen (secondary N) is 1. The van der Waals surface area contributed by atoms with E-state index in [0.29, 0.717) is 12.8 Å². The molecule has 0 aromatic heterocycles. The van der Waals surface area contributed by atoms with Crippen LogP contribution in [0.1, 0.15) is 245 Å². The summed E-state index contributed by atoms with van der Waals surface area (Å²) in [4.78, 5) is 12.9. The lowest BCUT2D eigenvalue weighted by Crippen LogP contribution is -2.60. The van der Waals surface area contributed by atoms with Crippen LogP contribution in [0.15, 0.2) is 12.2 Å². The van der Waals surface area contributed by atoms with Crippen LogP contribution in [-0.2, 0) is 14.3 Å². The Morgan fingerprint density at radius 3 is 1.44 bits per heavy atom. The largest absolute Gasteiger partial charge is 0.394 e. The van der Waals surface area contributed by atoms with E-state index in [-0.39, 0.29) is 12.5 Å². The molecule has 0 aromatic rings. The van der Waals surface area contributed by atoms with Gasteiger partial charge in [0.15, 0.2) is 6.29 Å². The molecule has 1 saturated heterocycles. The number of unbranched alkanes of at least 4 members (excludes halogenated alkanes) is 31. The van der Waals surface area contributed by atoms with E-state index in [0.717, 1.165) is 64.2 Å². The van der Waals surface area contributed by atoms with Gasteiger partial charge in [0.05, 0.1) is 25.4 Å². The van der Waals surface area contributed by atoms with Crippen LogP contribution < -0.4 is 5.32 Å². The van der Waals surface area contributed by atoms with Gasteiger partial charge in [0.2, 0.25) is 5.91 Å². The highest BCUT2D eigenvalue weighted by Gasteiger charge is 2.44. The van der Waals surface area contributed by atoms with E-state index in [1.54, 1.807) is 0 Å². The summed E-state index contributed by atoms with van der Waals surface area (Å²) in [6.07, 6.45) is 41.1. The number of ether oxygens (including phenoxy) is 2. The number of carbonyl (C=O) groups is 1. The van der Waals surface area contributed by atoms with Crippen molar-refractivity contribution in [1.82, 2.24) is 5.32 Å². The van der Waals surface area contributed by atoms with E-state index >= 15 is 0 Å². The molecule has 59 heavy (non-hydrogen) atoms. The second-order valence-corrected chi connectivity index (χ2v) is 18.0. The molecule has 9 nitrogen and oxygen atoms in total. The summed E-state index contributed by atoms with van der Waals surface area (Å²) < 4.78 is 11.3. The molecule has 1 amide bonds. The topological polar surface area (TPSA) is 149 Å². The number of aliphatic hydroxyl groups excluding tert-OH is 5. The van der Waals surface area contributed by atoms with E-state index in [2.05, 4.69) is 31.3 Å². The smallest absolute Gasteiger partial charge is 0.220 e. The number of allylic oxidation sites excluding steroid dienone is 2. The second-order valence-electron chi connectivity index (χ2n) is 18.0. The minimum Gasteiger partial charge on any atom is -0.394 e. The fraction of sp³-hybridized carbons (Fsp3) is 0.940. The van der Waals surface area contributed by atoms with Crippen molar-refractivity contribution in [2.45, 2.75) is 288 Å². The lowest BCUT2D eigenvalue weighted by Gasteiger charge is -2.40. The van der Waals surface area contributed by atoms with Gasteiger partial charge < -0.3 is 40.3 Å². The van der Waals surface area contributed by atoms with Crippen molar-refractivity contribution in [1.29, 1.82) is 0 Å². The molecular weight excluding hydrogens is 743 g/mol. The maximum Gasteiger partial charge on any atom is 0.220 e. The molecule has 1 fully saturated rings. The predicted molar refractivity (Wildman–Crippen MR) is 244 cm³/mol. The third-order valence-electron chi connectivity index (χ3n) is 12.3. The molecule has 7 atom stereocenters. The maximum absolute atomic E-state index is 12.9. The summed E-state index contributed by atoms with van der Waals surface area (Å²) in [5.74, 6) is -0.154. The summed E-state index contributed by atoms with van der Waals surface area (Å²) in [6.45, 7) is 3.78. The van der Waals surface area contributed by atoms with Crippen LogP contribution in [0.2, 0.25) is 0 Å². The number of carbonyl (C=O) groups excluding carboxylic acids is 1. The third-order valence-corrected chi connectivity index (χ3v) is 12.3. The first kappa shape index (κ1) is 55.9. The van der Waals surface area contributed by atoms with Gasteiger partial charge in [-0.2, -0.15) is 0 Å². The zero-order chi connectivity index (χ0) is 43.0. The van der Waals surface area contributed by atoms with Crippen molar-refractivity contribution < 1.29 is 39.8 Å². The van der Waals surface area contributed by atoms with Gasteiger partial charge in [-0.05, 0) is 32.1 Å². The summed E-state index contributed by atoms with van der Waals surface area (Å²) in [6, 6.07) is -0.719. The maximum atomic E-state index is 12.9. The number of hydrogen-bond acceptors (Lipinski definition) is 8. The van der Waals surface area contributed by atoms with E-state index in [1.807, 2.05) is 0 Å².